The molecule has 2 heterocycles. The number of hydrogen-bond donors (Lipinski definition) is 1. The van der Waals surface area contributed by atoms with Gasteiger partial charge in [-0.2, -0.15) is 5.10 Å². The Labute approximate surface area is 201 Å². The molecule has 8 heteroatoms. The van der Waals surface area contributed by atoms with Crippen LogP contribution in [0.15, 0.2) is 62.4 Å². The number of phenolic OH excluding ortho intramolecular Hbond substituents is 1. The van der Waals surface area contributed by atoms with E-state index in [2.05, 4.69) is 0 Å². The fourth-order valence-corrected chi connectivity index (χ4v) is 5.15. The van der Waals surface area contributed by atoms with Gasteiger partial charge in [0.25, 0.3) is 0 Å². The van der Waals surface area contributed by atoms with Crippen LogP contribution >= 0.6 is 11.3 Å². The first kappa shape index (κ1) is 22.3. The quantitative estimate of drug-likeness (QED) is 0.356. The largest absolute Gasteiger partial charge is 0.502 e. The molecule has 1 fully saturated rings. The highest BCUT2D eigenvalue weighted by molar-refractivity contribution is 7.07. The Morgan fingerprint density at radius 2 is 1.79 bits per heavy atom. The molecule has 0 saturated heterocycles. The molecule has 1 aliphatic carbocycles. The van der Waals surface area contributed by atoms with Crippen LogP contribution in [0, 0.1) is 0 Å². The van der Waals surface area contributed by atoms with E-state index in [1.54, 1.807) is 29.7 Å². The Morgan fingerprint density at radius 1 is 1.06 bits per heavy atom. The molecule has 176 valence electrons. The van der Waals surface area contributed by atoms with Crippen molar-refractivity contribution >= 4 is 28.5 Å². The summed E-state index contributed by atoms with van der Waals surface area (Å²) < 4.78 is 18.5. The number of para-hydroxylation sites is 1. The molecule has 0 amide bonds. The van der Waals surface area contributed by atoms with Crippen LogP contribution in [0.2, 0.25) is 0 Å². The molecule has 1 aliphatic rings. The number of aromatic hydroxyl groups is 1. The Morgan fingerprint density at radius 3 is 2.50 bits per heavy atom. The molecule has 0 bridgehead atoms. The van der Waals surface area contributed by atoms with E-state index in [0.717, 1.165) is 45.6 Å². The molecule has 0 atom stereocenters. The normalized spacial score (nSPS) is 15.4. The third-order valence-corrected chi connectivity index (χ3v) is 6.89. The average Bonchev–Trinajstić information content (AvgIpc) is 3.47. The van der Waals surface area contributed by atoms with Crippen molar-refractivity contribution < 1.29 is 19.0 Å². The van der Waals surface area contributed by atoms with E-state index in [1.165, 1.54) is 33.5 Å². The minimum absolute atomic E-state index is 0.0405. The van der Waals surface area contributed by atoms with Gasteiger partial charge in [0.1, 0.15) is 11.3 Å². The maximum absolute atomic E-state index is 10.2. The van der Waals surface area contributed by atoms with E-state index in [-0.39, 0.29) is 5.75 Å². The summed E-state index contributed by atoms with van der Waals surface area (Å²) in [5.74, 6) is 1.34. The highest BCUT2D eigenvalue weighted by atomic mass is 32.1. The van der Waals surface area contributed by atoms with Crippen molar-refractivity contribution in [2.45, 2.75) is 38.1 Å². The number of fused-ring (bicyclic) bond motifs is 1. The van der Waals surface area contributed by atoms with Crippen LogP contribution in [-0.4, -0.2) is 36.3 Å². The second-order valence-electron chi connectivity index (χ2n) is 8.30. The highest BCUT2D eigenvalue weighted by Crippen LogP contribution is 2.36. The first-order chi connectivity index (χ1) is 16.7. The van der Waals surface area contributed by atoms with Crippen molar-refractivity contribution in [3.8, 4) is 28.7 Å². The van der Waals surface area contributed by atoms with Gasteiger partial charge in [-0.15, -0.1) is 11.3 Å². The van der Waals surface area contributed by atoms with Crippen LogP contribution in [-0.2, 0) is 0 Å². The zero-order chi connectivity index (χ0) is 23.5. The lowest BCUT2D eigenvalue weighted by molar-refractivity contribution is 0.340. The van der Waals surface area contributed by atoms with Crippen molar-refractivity contribution in [1.29, 1.82) is 0 Å². The first-order valence-electron chi connectivity index (χ1n) is 11.4. The second kappa shape index (κ2) is 9.77. The minimum atomic E-state index is -0.0405. The number of rotatable bonds is 6. The van der Waals surface area contributed by atoms with Crippen molar-refractivity contribution in [1.82, 2.24) is 4.68 Å². The third kappa shape index (κ3) is 4.46. The van der Waals surface area contributed by atoms with Gasteiger partial charge in [0, 0.05) is 16.3 Å². The fourth-order valence-electron chi connectivity index (χ4n) is 4.26. The molecule has 4 aromatic rings. The standard InChI is InChI=1S/C26H27N3O4S/c1-31-23-12-17(13-24(32-2)25(23)30)15-27-29-20(22-14-18-8-6-7-11-21(18)33-22)16-34-26(29)28-19-9-4-3-5-10-19/h6-8,11-16,19,30H,3-5,9-10H2,1-2H3. The molecule has 0 aliphatic heterocycles. The van der Waals surface area contributed by atoms with Crippen LogP contribution in [0.3, 0.4) is 0 Å². The van der Waals surface area contributed by atoms with Gasteiger partial charge < -0.3 is 19.0 Å². The maximum Gasteiger partial charge on any atom is 0.206 e. The minimum Gasteiger partial charge on any atom is -0.502 e. The summed E-state index contributed by atoms with van der Waals surface area (Å²) in [5, 5.41) is 18.1. The lowest BCUT2D eigenvalue weighted by atomic mass is 9.96. The average molecular weight is 478 g/mol. The number of methoxy groups -OCH3 is 2. The fraction of sp³-hybridized carbons (Fsp3) is 0.308. The molecule has 1 N–H and O–H groups in total. The van der Waals surface area contributed by atoms with Gasteiger partial charge in [0.2, 0.25) is 10.6 Å². The molecule has 7 nitrogen and oxygen atoms in total. The van der Waals surface area contributed by atoms with E-state index in [4.69, 9.17) is 24.0 Å². The smallest absolute Gasteiger partial charge is 0.206 e. The van der Waals surface area contributed by atoms with Crippen molar-refractivity contribution in [3.05, 3.63) is 58.2 Å². The summed E-state index contributed by atoms with van der Waals surface area (Å²) in [5.41, 5.74) is 2.40. The molecule has 2 aromatic carbocycles. The van der Waals surface area contributed by atoms with E-state index in [1.807, 2.05) is 40.4 Å². The van der Waals surface area contributed by atoms with Gasteiger partial charge >= 0.3 is 0 Å². The molecule has 34 heavy (non-hydrogen) atoms. The number of benzene rings is 2. The number of furan rings is 1. The number of phenols is 1. The zero-order valence-electron chi connectivity index (χ0n) is 19.2. The lowest BCUT2D eigenvalue weighted by Gasteiger charge is -2.16. The van der Waals surface area contributed by atoms with E-state index in [0.29, 0.717) is 17.5 Å². The Kier molecular flexibility index (Phi) is 6.40. The Balaban J connectivity index is 1.60. The first-order valence-corrected chi connectivity index (χ1v) is 12.3. The van der Waals surface area contributed by atoms with Gasteiger partial charge in [-0.05, 0) is 37.1 Å². The van der Waals surface area contributed by atoms with Crippen LogP contribution in [0.5, 0.6) is 17.2 Å². The highest BCUT2D eigenvalue weighted by Gasteiger charge is 2.16. The van der Waals surface area contributed by atoms with Gasteiger partial charge in [-0.1, -0.05) is 37.5 Å². The maximum atomic E-state index is 10.2. The molecule has 0 radical (unpaired) electrons. The molecule has 0 unspecified atom stereocenters. The number of thiazole rings is 1. The number of aromatic nitrogens is 1. The number of ether oxygens (including phenoxy) is 2. The van der Waals surface area contributed by atoms with Gasteiger partial charge in [0.05, 0.1) is 26.5 Å². The predicted octanol–water partition coefficient (Wildman–Crippen LogP) is 5.80. The van der Waals surface area contributed by atoms with Crippen molar-refractivity contribution in [2.24, 2.45) is 10.1 Å². The Hall–Kier alpha value is -3.52. The van der Waals surface area contributed by atoms with Crippen molar-refractivity contribution in [3.63, 3.8) is 0 Å². The molecule has 0 spiro atoms. The van der Waals surface area contributed by atoms with Crippen LogP contribution in [0.25, 0.3) is 22.4 Å². The molecule has 5 rings (SSSR count). The molecule has 2 aromatic heterocycles. The van der Waals surface area contributed by atoms with Gasteiger partial charge in [-0.25, -0.2) is 4.68 Å². The van der Waals surface area contributed by atoms with Crippen LogP contribution < -0.4 is 14.3 Å². The Bertz CT molecular complexity index is 1330. The SMILES string of the molecule is COc1cc(C=Nn2c(-c3cc4ccccc4o3)csc2=NC2CCCCC2)cc(OC)c1O. The van der Waals surface area contributed by atoms with Gasteiger partial charge in [0.15, 0.2) is 17.3 Å². The molecule has 1 saturated carbocycles. The lowest BCUT2D eigenvalue weighted by Crippen LogP contribution is -2.18. The third-order valence-electron chi connectivity index (χ3n) is 6.06. The summed E-state index contributed by atoms with van der Waals surface area (Å²) in [6.45, 7) is 0. The second-order valence-corrected chi connectivity index (χ2v) is 9.14. The molecular weight excluding hydrogens is 450 g/mol. The van der Waals surface area contributed by atoms with E-state index >= 15 is 0 Å². The summed E-state index contributed by atoms with van der Waals surface area (Å²) in [7, 11) is 3.01. The van der Waals surface area contributed by atoms with E-state index < -0.39 is 0 Å². The van der Waals surface area contributed by atoms with Gasteiger partial charge in [-0.3, -0.25) is 4.99 Å². The summed E-state index contributed by atoms with van der Waals surface area (Å²) in [6, 6.07) is 13.7. The monoisotopic (exact) mass is 477 g/mol. The van der Waals surface area contributed by atoms with E-state index in [9.17, 15) is 5.11 Å². The zero-order valence-corrected chi connectivity index (χ0v) is 20.0. The summed E-state index contributed by atoms with van der Waals surface area (Å²) >= 11 is 1.56. The summed E-state index contributed by atoms with van der Waals surface area (Å²) in [6.07, 6.45) is 7.63. The summed E-state index contributed by atoms with van der Waals surface area (Å²) in [4.78, 5) is 5.88. The van der Waals surface area contributed by atoms with Crippen LogP contribution in [0.4, 0.5) is 0 Å². The number of hydrogen-bond acceptors (Lipinski definition) is 7. The van der Waals surface area contributed by atoms with Crippen molar-refractivity contribution in [2.75, 3.05) is 14.2 Å². The number of nitrogens with zero attached hydrogens (tertiary/aromatic N) is 3. The molecular formula is C26H27N3O4S. The predicted molar refractivity (Wildman–Crippen MR) is 134 cm³/mol. The topological polar surface area (TPSA) is 81.5 Å². The van der Waals surface area contributed by atoms with Crippen LogP contribution in [0.1, 0.15) is 37.7 Å².